The smallest absolute Gasteiger partial charge is 0.259 e. The lowest BCUT2D eigenvalue weighted by atomic mass is 10.1. The predicted octanol–water partition coefficient (Wildman–Crippen LogP) is 9.77. The summed E-state index contributed by atoms with van der Waals surface area (Å²) in [4.78, 5) is 143. The Morgan fingerprint density at radius 3 is 1.16 bits per heavy atom. The number of anilines is 8. The monoisotopic (exact) mass is 1480 g/mol. The first kappa shape index (κ1) is 75.9. The first-order chi connectivity index (χ1) is 53.3. The maximum Gasteiger partial charge on any atom is 0.259 e. The lowest BCUT2D eigenvalue weighted by Crippen LogP contribution is -2.36. The standard InChI is InChI=1S/C21H23N7O2.2C19H19N7O.C18H19N7O/c1-13-16(6-7-18(23-13)28-11-8-15(29)9-12-28)20(30)27-21-25-14(2)24-19(26-21)17-5-3-4-10-22-17;1-11-14(8-9-16(21-11)24-13-6-7-13)18(27)26-19-23-12(2)22-17(25-19)15-5-3-4-10-20-15;1-13-22-17(15-6-2-3-9-20-15)24-19(23-13)25-18(27)14-7-8-16(21-12-14)26-10-4-5-11-26;1-4-25(3)15-9-8-13(11-20-15)17(26)24-18-22-12(2)21-16(23-18)14-7-5-6-10-19-14/h3-7,10,15,29H,8-9,11-12H2,1-2H3,(H,24,25,26,27,30);3-5,8-10,13H,6-7H2,1-2H3,(H,21,24)(H,22,23,25,26,27);2-3,6-9,12H,4-5,10-11H2,1H3,(H,22,23,24,25,27);5-11H,4H2,1-3H3,(H,21,22,23,24,26). The zero-order valence-electron chi connectivity index (χ0n) is 61.8. The summed E-state index contributed by atoms with van der Waals surface area (Å²) in [5, 5.41) is 23.9. The quantitative estimate of drug-likeness (QED) is 0.0465. The summed E-state index contributed by atoms with van der Waals surface area (Å²) in [6, 6.07) is 36.7. The van der Waals surface area contributed by atoms with E-state index >= 15 is 0 Å². The Morgan fingerprint density at radius 1 is 0.409 bits per heavy atom. The summed E-state index contributed by atoms with van der Waals surface area (Å²) < 4.78 is 0. The van der Waals surface area contributed by atoms with Crippen molar-refractivity contribution in [2.24, 2.45) is 0 Å². The van der Waals surface area contributed by atoms with Crippen LogP contribution in [-0.4, -0.2) is 180 Å². The molecular formula is C77H80N28O5. The molecule has 14 heterocycles. The van der Waals surface area contributed by atoms with Gasteiger partial charge in [0.25, 0.3) is 23.6 Å². The zero-order valence-corrected chi connectivity index (χ0v) is 61.8. The molecule has 0 atom stereocenters. The lowest BCUT2D eigenvalue weighted by molar-refractivity contribution is 0.101. The van der Waals surface area contributed by atoms with Crippen molar-refractivity contribution in [1.29, 1.82) is 0 Å². The van der Waals surface area contributed by atoms with Crippen molar-refractivity contribution in [2.75, 3.05) is 81.1 Å². The van der Waals surface area contributed by atoms with Gasteiger partial charge < -0.3 is 25.1 Å². The second-order valence-electron chi connectivity index (χ2n) is 25.6. The largest absolute Gasteiger partial charge is 0.393 e. The lowest BCUT2D eigenvalue weighted by Gasteiger charge is -2.30. The van der Waals surface area contributed by atoms with E-state index in [9.17, 15) is 24.3 Å². The maximum absolute atomic E-state index is 12.8. The van der Waals surface area contributed by atoms with Crippen LogP contribution >= 0.6 is 0 Å². The third-order valence-electron chi connectivity index (χ3n) is 17.1. The maximum atomic E-state index is 12.8. The van der Waals surface area contributed by atoms with Crippen molar-refractivity contribution < 1.29 is 24.3 Å². The summed E-state index contributed by atoms with van der Waals surface area (Å²) in [7, 11) is 1.94. The van der Waals surface area contributed by atoms with E-state index in [1.807, 2.05) is 92.5 Å². The molecule has 3 fully saturated rings. The van der Waals surface area contributed by atoms with Crippen LogP contribution in [0.5, 0.6) is 0 Å². The Balaban J connectivity index is 0.000000137. The molecule has 3 aliphatic rings. The average molecular weight is 1480 g/mol. The fourth-order valence-electron chi connectivity index (χ4n) is 11.2. The van der Waals surface area contributed by atoms with E-state index in [0.29, 0.717) is 109 Å². The first-order valence-corrected chi connectivity index (χ1v) is 35.7. The Hall–Kier alpha value is -13.7. The van der Waals surface area contributed by atoms with Gasteiger partial charge in [0.15, 0.2) is 23.3 Å². The molecule has 0 radical (unpaired) electrons. The zero-order chi connectivity index (χ0) is 77.0. The predicted molar refractivity (Wildman–Crippen MR) is 414 cm³/mol. The molecule has 1 aliphatic carbocycles. The number of amides is 4. The molecule has 0 bridgehead atoms. The van der Waals surface area contributed by atoms with Crippen LogP contribution in [0.1, 0.15) is 122 Å². The molecule has 4 amide bonds. The number of rotatable bonds is 18. The number of hydrogen-bond acceptors (Lipinski definition) is 29. The third-order valence-corrected chi connectivity index (χ3v) is 17.1. The SMILES string of the molecule is CCN(C)c1ccc(C(=O)Nc2nc(C)nc(-c3ccccn3)n2)cn1.Cc1nc(NC(=O)c2ccc(N3CCC(O)CC3)nc2C)nc(-c2ccccn2)n1.Cc1nc(NC(=O)c2ccc(N3CCCC3)nc2)nc(-c2ccccn2)n1.Cc1nc(NC(=O)c2ccc(NC3CC3)nc2C)nc(-c2ccccn2)n1. The van der Waals surface area contributed by atoms with Gasteiger partial charge in [0.05, 0.1) is 39.7 Å². The highest BCUT2D eigenvalue weighted by molar-refractivity contribution is 6.06. The van der Waals surface area contributed by atoms with Crippen molar-refractivity contribution in [3.63, 3.8) is 0 Å². The number of hydrogen-bond donors (Lipinski definition) is 6. The van der Waals surface area contributed by atoms with Gasteiger partial charge in [-0.15, -0.1) is 0 Å². The van der Waals surface area contributed by atoms with Crippen molar-refractivity contribution >= 4 is 70.7 Å². The molecule has 110 heavy (non-hydrogen) atoms. The van der Waals surface area contributed by atoms with E-state index in [1.54, 1.807) is 120 Å². The van der Waals surface area contributed by atoms with E-state index < -0.39 is 0 Å². The van der Waals surface area contributed by atoms with Crippen LogP contribution in [0.25, 0.3) is 46.1 Å². The second kappa shape index (κ2) is 36.0. The summed E-state index contributed by atoms with van der Waals surface area (Å²) in [5.74, 6) is 6.36. The molecule has 2 saturated heterocycles. The second-order valence-corrected chi connectivity index (χ2v) is 25.6. The van der Waals surface area contributed by atoms with Gasteiger partial charge in [-0.2, -0.15) is 39.9 Å². The highest BCUT2D eigenvalue weighted by Gasteiger charge is 2.25. The van der Waals surface area contributed by atoms with Crippen LogP contribution in [0.4, 0.5) is 47.1 Å². The summed E-state index contributed by atoms with van der Waals surface area (Å²) in [6.07, 6.45) is 15.7. The van der Waals surface area contributed by atoms with Gasteiger partial charge in [-0.05, 0) is 184 Å². The number of aliphatic hydroxyl groups excluding tert-OH is 1. The molecule has 12 aromatic rings. The molecule has 15 rings (SSSR count). The number of aryl methyl sites for hydroxylation is 6. The van der Waals surface area contributed by atoms with Crippen LogP contribution in [0.2, 0.25) is 0 Å². The van der Waals surface area contributed by atoms with E-state index in [0.717, 1.165) is 68.8 Å². The molecule has 33 nitrogen and oxygen atoms in total. The molecule has 0 aromatic carbocycles. The number of carbonyl (C=O) groups is 4. The topological polar surface area (TPSA) is 416 Å². The Morgan fingerprint density at radius 2 is 0.800 bits per heavy atom. The van der Waals surface area contributed by atoms with Crippen LogP contribution < -0.4 is 41.3 Å². The van der Waals surface area contributed by atoms with E-state index in [1.165, 1.54) is 31.9 Å². The van der Waals surface area contributed by atoms with Gasteiger partial charge in [0, 0.05) is 83.0 Å². The highest BCUT2D eigenvalue weighted by Crippen LogP contribution is 2.27. The number of piperidine rings is 1. The summed E-state index contributed by atoms with van der Waals surface area (Å²) in [5.41, 5.74) is 5.53. The number of nitrogens with one attached hydrogen (secondary N) is 5. The van der Waals surface area contributed by atoms with Crippen molar-refractivity contribution in [1.82, 2.24) is 99.7 Å². The van der Waals surface area contributed by atoms with Crippen LogP contribution in [0, 0.1) is 41.5 Å². The number of pyridine rings is 8. The minimum absolute atomic E-state index is 0.168. The Kier molecular flexibility index (Phi) is 24.9. The molecule has 1 saturated carbocycles. The summed E-state index contributed by atoms with van der Waals surface area (Å²) in [6.45, 7) is 17.0. The Labute approximate surface area is 633 Å². The van der Waals surface area contributed by atoms with Gasteiger partial charge in [0.2, 0.25) is 23.8 Å². The first-order valence-electron chi connectivity index (χ1n) is 35.7. The van der Waals surface area contributed by atoms with E-state index in [2.05, 4.69) is 136 Å². The van der Waals surface area contributed by atoms with E-state index in [4.69, 9.17) is 0 Å². The molecule has 0 spiro atoms. The molecule has 12 aromatic heterocycles. The minimum Gasteiger partial charge on any atom is -0.393 e. The summed E-state index contributed by atoms with van der Waals surface area (Å²) >= 11 is 0. The highest BCUT2D eigenvalue weighted by atomic mass is 16.3. The molecule has 2 aliphatic heterocycles. The fourth-order valence-corrected chi connectivity index (χ4v) is 11.2. The van der Waals surface area contributed by atoms with Crippen molar-refractivity contribution in [2.45, 2.75) is 99.1 Å². The molecular weight excluding hydrogens is 1400 g/mol. The van der Waals surface area contributed by atoms with Crippen molar-refractivity contribution in [3.05, 3.63) is 215 Å². The third kappa shape index (κ3) is 20.9. The van der Waals surface area contributed by atoms with Gasteiger partial charge in [-0.25, -0.2) is 39.9 Å². The molecule has 33 heteroatoms. The van der Waals surface area contributed by atoms with Gasteiger partial charge in [0.1, 0.15) is 69.3 Å². The van der Waals surface area contributed by atoms with Gasteiger partial charge in [-0.1, -0.05) is 24.3 Å². The van der Waals surface area contributed by atoms with Crippen molar-refractivity contribution in [3.8, 4) is 46.1 Å². The molecule has 558 valence electrons. The van der Waals surface area contributed by atoms with Gasteiger partial charge >= 0.3 is 0 Å². The van der Waals surface area contributed by atoms with Crippen LogP contribution in [0.3, 0.4) is 0 Å². The number of aliphatic hydroxyl groups is 1. The number of carbonyl (C=O) groups excluding carboxylic acids is 4. The van der Waals surface area contributed by atoms with E-state index in [-0.39, 0.29) is 53.5 Å². The molecule has 0 unspecified atom stereocenters. The number of nitrogens with zero attached hydrogens (tertiary/aromatic N) is 23. The van der Waals surface area contributed by atoms with Crippen LogP contribution in [0.15, 0.2) is 159 Å². The number of aromatic nitrogens is 20. The normalized spacial score (nSPS) is 13.0. The molecule has 6 N–H and O–H groups in total. The average Bonchev–Trinajstić information content (AvgIpc) is 0.956. The van der Waals surface area contributed by atoms with Crippen LogP contribution in [-0.2, 0) is 0 Å². The van der Waals surface area contributed by atoms with Gasteiger partial charge in [-0.3, -0.25) is 60.4 Å². The minimum atomic E-state index is -0.335. The fraction of sp³-hybridized carbons (Fsp3) is 0.273. The Bertz CT molecular complexity index is 5160.